The van der Waals surface area contributed by atoms with Crippen molar-refractivity contribution >= 4 is 72.4 Å². The lowest BCUT2D eigenvalue weighted by atomic mass is 9.99. The summed E-state index contributed by atoms with van der Waals surface area (Å²) in [7, 11) is -2.90. The molecular formula is C60H42N2Si. The van der Waals surface area contributed by atoms with E-state index < -0.39 is 8.07 Å². The Kier molecular flexibility index (Phi) is 8.87. The Bertz CT molecular complexity index is 3510. The van der Waals surface area contributed by atoms with Crippen molar-refractivity contribution in [3.63, 3.8) is 0 Å². The molecule has 12 aromatic rings. The van der Waals surface area contributed by atoms with Gasteiger partial charge in [0.25, 0.3) is 0 Å². The molecule has 3 heteroatoms. The van der Waals surface area contributed by atoms with Crippen LogP contribution in [0.2, 0.25) is 0 Å². The number of fused-ring (bicyclic) bond motifs is 6. The lowest BCUT2D eigenvalue weighted by Crippen LogP contribution is -2.74. The van der Waals surface area contributed by atoms with Gasteiger partial charge in [-0.05, 0) is 85.5 Å². The Labute approximate surface area is 368 Å². The number of benzene rings is 10. The quantitative estimate of drug-likeness (QED) is 0.107. The highest BCUT2D eigenvalue weighted by atomic mass is 28.3. The smallest absolute Gasteiger partial charge is 0.180 e. The third-order valence-corrected chi connectivity index (χ3v) is 17.9. The monoisotopic (exact) mass is 818 g/mol. The molecule has 0 aliphatic carbocycles. The zero-order valence-corrected chi connectivity index (χ0v) is 35.6. The van der Waals surface area contributed by atoms with Crippen molar-refractivity contribution < 1.29 is 0 Å². The lowest BCUT2D eigenvalue weighted by molar-refractivity contribution is 1.13. The highest BCUT2D eigenvalue weighted by molar-refractivity contribution is 7.20. The summed E-state index contributed by atoms with van der Waals surface area (Å²) in [6.45, 7) is 0. The van der Waals surface area contributed by atoms with Crippen LogP contribution in [-0.2, 0) is 0 Å². The van der Waals surface area contributed by atoms with Gasteiger partial charge in [0.15, 0.2) is 8.07 Å². The van der Waals surface area contributed by atoms with Crippen LogP contribution in [-0.4, -0.2) is 17.2 Å². The maximum Gasteiger partial charge on any atom is 0.180 e. The molecule has 0 fully saturated rings. The van der Waals surface area contributed by atoms with Crippen molar-refractivity contribution in [2.45, 2.75) is 0 Å². The fourth-order valence-corrected chi connectivity index (χ4v) is 15.4. The molecule has 0 aliphatic heterocycles. The summed E-state index contributed by atoms with van der Waals surface area (Å²) in [6.07, 6.45) is 0. The fourth-order valence-electron chi connectivity index (χ4n) is 10.4. The van der Waals surface area contributed by atoms with E-state index in [9.17, 15) is 0 Å². The molecule has 0 bridgehead atoms. The average molecular weight is 819 g/mol. The van der Waals surface area contributed by atoms with Crippen LogP contribution in [0.4, 0.5) is 0 Å². The summed E-state index contributed by atoms with van der Waals surface area (Å²) in [5.41, 5.74) is 11.8. The van der Waals surface area contributed by atoms with Gasteiger partial charge in [-0.15, -0.1) is 0 Å². The van der Waals surface area contributed by atoms with E-state index in [1.807, 2.05) is 0 Å². The molecule has 0 spiro atoms. The van der Waals surface area contributed by atoms with E-state index in [0.717, 1.165) is 11.4 Å². The molecular weight excluding hydrogens is 777 g/mol. The molecule has 63 heavy (non-hydrogen) atoms. The summed E-state index contributed by atoms with van der Waals surface area (Å²) in [5.74, 6) is 0. The van der Waals surface area contributed by atoms with E-state index in [-0.39, 0.29) is 0 Å². The first kappa shape index (κ1) is 36.8. The van der Waals surface area contributed by atoms with E-state index in [0.29, 0.717) is 0 Å². The van der Waals surface area contributed by atoms with Gasteiger partial charge < -0.3 is 9.13 Å². The number of nitrogens with zero attached hydrogens (tertiary/aromatic N) is 2. The Morgan fingerprint density at radius 1 is 0.286 bits per heavy atom. The molecule has 2 aromatic heterocycles. The molecule has 2 heterocycles. The van der Waals surface area contributed by atoms with Crippen LogP contribution < -0.4 is 20.7 Å². The summed E-state index contributed by atoms with van der Waals surface area (Å²) >= 11 is 0. The van der Waals surface area contributed by atoms with Crippen molar-refractivity contribution in [1.82, 2.24) is 9.13 Å². The van der Waals surface area contributed by atoms with Crippen molar-refractivity contribution in [3.8, 4) is 33.6 Å². The zero-order valence-electron chi connectivity index (χ0n) is 34.6. The Hall–Kier alpha value is -7.98. The molecule has 12 rings (SSSR count). The zero-order chi connectivity index (χ0) is 41.7. The second-order valence-corrected chi connectivity index (χ2v) is 20.2. The van der Waals surface area contributed by atoms with E-state index in [1.54, 1.807) is 0 Å². The number of hydrogen-bond acceptors (Lipinski definition) is 0. The molecule has 0 saturated heterocycles. The van der Waals surface area contributed by atoms with Gasteiger partial charge >= 0.3 is 0 Å². The average Bonchev–Trinajstić information content (AvgIpc) is 3.89. The minimum Gasteiger partial charge on any atom is -0.307 e. The molecule has 0 N–H and O–H groups in total. The first-order valence-corrected chi connectivity index (χ1v) is 23.8. The largest absolute Gasteiger partial charge is 0.307 e. The predicted octanol–water partition coefficient (Wildman–Crippen LogP) is 12.6. The van der Waals surface area contributed by atoms with Crippen molar-refractivity contribution in [2.75, 3.05) is 0 Å². The van der Waals surface area contributed by atoms with Gasteiger partial charge in [-0.25, -0.2) is 0 Å². The van der Waals surface area contributed by atoms with Gasteiger partial charge in [0, 0.05) is 27.2 Å². The third kappa shape index (κ3) is 5.85. The van der Waals surface area contributed by atoms with Crippen LogP contribution in [0, 0.1) is 0 Å². The maximum absolute atomic E-state index is 2.90. The van der Waals surface area contributed by atoms with Crippen molar-refractivity contribution in [2.24, 2.45) is 0 Å². The molecule has 0 unspecified atom stereocenters. The van der Waals surface area contributed by atoms with Crippen LogP contribution in [0.1, 0.15) is 0 Å². The minimum absolute atomic E-state index is 1.13. The van der Waals surface area contributed by atoms with Crippen LogP contribution in [0.25, 0.3) is 77.2 Å². The lowest BCUT2D eigenvalue weighted by Gasteiger charge is -2.35. The predicted molar refractivity (Wildman–Crippen MR) is 270 cm³/mol. The maximum atomic E-state index is 2.54. The summed E-state index contributed by atoms with van der Waals surface area (Å²) in [6, 6.07) is 94.2. The van der Waals surface area contributed by atoms with Gasteiger partial charge in [0.2, 0.25) is 0 Å². The summed E-state index contributed by atoms with van der Waals surface area (Å²) in [4.78, 5) is 0. The van der Waals surface area contributed by atoms with E-state index in [2.05, 4.69) is 264 Å². The van der Waals surface area contributed by atoms with Gasteiger partial charge in [-0.1, -0.05) is 212 Å². The van der Waals surface area contributed by atoms with Crippen LogP contribution in [0.15, 0.2) is 255 Å². The van der Waals surface area contributed by atoms with E-state index in [1.165, 1.54) is 86.6 Å². The van der Waals surface area contributed by atoms with Gasteiger partial charge in [-0.3, -0.25) is 0 Å². The summed E-state index contributed by atoms with van der Waals surface area (Å²) in [5, 5.41) is 10.5. The van der Waals surface area contributed by atoms with Crippen molar-refractivity contribution in [3.05, 3.63) is 255 Å². The molecule has 0 saturated carbocycles. The molecule has 0 amide bonds. The van der Waals surface area contributed by atoms with Gasteiger partial charge in [0.05, 0.1) is 27.8 Å². The normalized spacial score (nSPS) is 11.8. The second-order valence-electron chi connectivity index (χ2n) is 16.4. The minimum atomic E-state index is -2.90. The third-order valence-electron chi connectivity index (χ3n) is 13.0. The Morgan fingerprint density at radius 3 is 1.38 bits per heavy atom. The number of hydrogen-bond donors (Lipinski definition) is 0. The van der Waals surface area contributed by atoms with Gasteiger partial charge in [-0.2, -0.15) is 0 Å². The topological polar surface area (TPSA) is 9.86 Å². The molecule has 0 atom stereocenters. The van der Waals surface area contributed by atoms with Crippen molar-refractivity contribution in [1.29, 1.82) is 0 Å². The Balaban J connectivity index is 1.15. The molecule has 0 aliphatic rings. The van der Waals surface area contributed by atoms with Gasteiger partial charge in [0.1, 0.15) is 0 Å². The highest BCUT2D eigenvalue weighted by Crippen LogP contribution is 2.40. The first-order valence-electron chi connectivity index (χ1n) is 21.8. The van der Waals surface area contributed by atoms with E-state index >= 15 is 0 Å². The summed E-state index contributed by atoms with van der Waals surface area (Å²) < 4.78 is 5.03. The van der Waals surface area contributed by atoms with E-state index in [4.69, 9.17) is 0 Å². The van der Waals surface area contributed by atoms with Crippen LogP contribution in [0.5, 0.6) is 0 Å². The number of para-hydroxylation sites is 3. The molecule has 10 aromatic carbocycles. The first-order chi connectivity index (χ1) is 31.3. The standard InChI is InChI=1S/C60H42N2Si/c1-5-21-43(22-6-1)44-23-17-24-45(41-44)46-25-18-26-47(42-46)61-54-36-15-13-33-51(54)52-35-19-39-57(60(52)61)62-55-37-16-14-34-53(55)59-56(62)38-20-40-58(59)63(48-27-7-2-8-28-48,49-29-9-3-10-30-49)50-31-11-4-12-32-50/h1-42H. The fraction of sp³-hybridized carbons (Fsp3) is 0. The second kappa shape index (κ2) is 15.2. The Morgan fingerprint density at radius 2 is 0.730 bits per heavy atom. The molecule has 2 nitrogen and oxygen atoms in total. The molecule has 296 valence electrons. The highest BCUT2D eigenvalue weighted by Gasteiger charge is 2.43. The number of aromatic nitrogens is 2. The molecule has 0 radical (unpaired) electrons. The van der Waals surface area contributed by atoms with Crippen LogP contribution in [0.3, 0.4) is 0 Å². The number of rotatable bonds is 8. The SMILES string of the molecule is c1ccc(-c2cccc(-c3cccc(-n4c5ccccc5c5cccc(-n6c7ccccc7c7c([Si](c8ccccc8)(c8ccccc8)c8ccccc8)cccc76)c54)c3)c2)cc1. The van der Waals surface area contributed by atoms with Crippen LogP contribution >= 0.6 is 0 Å².